The van der Waals surface area contributed by atoms with Gasteiger partial charge in [0.1, 0.15) is 6.10 Å². The molecule has 162 valence electrons. The van der Waals surface area contributed by atoms with Crippen LogP contribution in [0.5, 0.6) is 0 Å². The van der Waals surface area contributed by atoms with E-state index in [0.717, 1.165) is 16.5 Å². The van der Waals surface area contributed by atoms with E-state index in [9.17, 15) is 18.8 Å². The van der Waals surface area contributed by atoms with Gasteiger partial charge in [0.05, 0.1) is 29.2 Å². The number of hydrogen-bond donors (Lipinski definition) is 1. The van der Waals surface area contributed by atoms with Crippen LogP contribution < -0.4 is 0 Å². The zero-order valence-electron chi connectivity index (χ0n) is 17.4. The summed E-state index contributed by atoms with van der Waals surface area (Å²) in [5.74, 6) is 0. The van der Waals surface area contributed by atoms with Gasteiger partial charge in [-0.25, -0.2) is 0 Å². The lowest BCUT2D eigenvalue weighted by molar-refractivity contribution is 0.0785. The van der Waals surface area contributed by atoms with Crippen molar-refractivity contribution in [2.24, 2.45) is 0 Å². The predicted molar refractivity (Wildman–Crippen MR) is 122 cm³/mol. The van der Waals surface area contributed by atoms with Crippen molar-refractivity contribution in [3.05, 3.63) is 102 Å². The number of aryl methyl sites for hydroxylation is 1. The topological polar surface area (TPSA) is 92.3 Å². The molecule has 7 heteroatoms. The average molecular weight is 447 g/mol. The summed E-state index contributed by atoms with van der Waals surface area (Å²) in [4.78, 5) is 0.0322. The van der Waals surface area contributed by atoms with Gasteiger partial charge in [0, 0.05) is 11.7 Å². The number of fused-ring (bicyclic) bond motifs is 1. The van der Waals surface area contributed by atoms with E-state index < -0.39 is 28.9 Å². The molecule has 0 saturated carbocycles. The summed E-state index contributed by atoms with van der Waals surface area (Å²) in [5.41, 5.74) is 2.93. The van der Waals surface area contributed by atoms with Crippen molar-refractivity contribution in [3.63, 3.8) is 0 Å². The third kappa shape index (κ3) is 4.43. The second-order valence-electron chi connectivity index (χ2n) is 7.58. The fraction of sp³-hybridized carbons (Fsp3) is 0.160. The number of aromatic nitrogens is 1. The van der Waals surface area contributed by atoms with Crippen LogP contribution in [-0.2, 0) is 14.3 Å². The normalized spacial score (nSPS) is 13.5. The molecule has 0 spiro atoms. The number of nitrogens with zero attached hydrogens (tertiary/aromatic N) is 2. The number of rotatable bonds is 7. The zero-order chi connectivity index (χ0) is 22.7. The van der Waals surface area contributed by atoms with Crippen LogP contribution in [0.2, 0.25) is 0 Å². The molecule has 1 aromatic heterocycles. The largest absolute Gasteiger partial charge is 0.388 e. The molecule has 0 aliphatic heterocycles. The van der Waals surface area contributed by atoms with Crippen LogP contribution in [0.1, 0.15) is 22.7 Å². The molecule has 2 atom stereocenters. The number of hydrogen-bond acceptors (Lipinski definition) is 5. The lowest BCUT2D eigenvalue weighted by Crippen LogP contribution is -2.30. The molecule has 3 aromatic carbocycles. The minimum atomic E-state index is -4.03. The molecule has 1 N–H and O–H groups in total. The van der Waals surface area contributed by atoms with Gasteiger partial charge in [0.2, 0.25) is 0 Å². The molecular formula is C25H22N2O4S. The SMILES string of the molecule is Cc1ccc(S(=O)(=O)OCC(O)C(c2cccc(C#N)c2)n2ccc3ccccc32)cc1. The summed E-state index contributed by atoms with van der Waals surface area (Å²) in [6.45, 7) is 1.42. The molecule has 32 heavy (non-hydrogen) atoms. The van der Waals surface area contributed by atoms with Gasteiger partial charge >= 0.3 is 0 Å². The first-order valence-corrected chi connectivity index (χ1v) is 11.5. The first-order chi connectivity index (χ1) is 15.4. The van der Waals surface area contributed by atoms with E-state index in [4.69, 9.17) is 4.18 Å². The molecule has 0 aliphatic carbocycles. The van der Waals surface area contributed by atoms with E-state index in [0.29, 0.717) is 11.1 Å². The smallest absolute Gasteiger partial charge is 0.297 e. The van der Waals surface area contributed by atoms with Gasteiger partial charge in [-0.3, -0.25) is 4.18 Å². The van der Waals surface area contributed by atoms with E-state index in [1.54, 1.807) is 36.4 Å². The van der Waals surface area contributed by atoms with Crippen molar-refractivity contribution < 1.29 is 17.7 Å². The minimum Gasteiger partial charge on any atom is -0.388 e. The average Bonchev–Trinajstić information content (AvgIpc) is 3.22. The Morgan fingerprint density at radius 2 is 1.78 bits per heavy atom. The Morgan fingerprint density at radius 3 is 2.53 bits per heavy atom. The van der Waals surface area contributed by atoms with Gasteiger partial charge in [-0.1, -0.05) is 48.0 Å². The second kappa shape index (κ2) is 8.97. The van der Waals surface area contributed by atoms with E-state index in [2.05, 4.69) is 6.07 Å². The highest BCUT2D eigenvalue weighted by atomic mass is 32.2. The highest BCUT2D eigenvalue weighted by Crippen LogP contribution is 2.29. The quantitative estimate of drug-likeness (QED) is 0.430. The van der Waals surface area contributed by atoms with Crippen molar-refractivity contribution in [2.45, 2.75) is 24.0 Å². The number of para-hydroxylation sites is 1. The van der Waals surface area contributed by atoms with Gasteiger partial charge in [0.15, 0.2) is 0 Å². The van der Waals surface area contributed by atoms with Gasteiger partial charge in [-0.2, -0.15) is 13.7 Å². The van der Waals surface area contributed by atoms with Crippen molar-refractivity contribution in [3.8, 4) is 6.07 Å². The molecule has 0 fully saturated rings. The first-order valence-electron chi connectivity index (χ1n) is 10.1. The van der Waals surface area contributed by atoms with Gasteiger partial charge < -0.3 is 9.67 Å². The van der Waals surface area contributed by atoms with Crippen molar-refractivity contribution >= 4 is 21.0 Å². The molecule has 4 rings (SSSR count). The molecule has 0 radical (unpaired) electrons. The van der Waals surface area contributed by atoms with E-state index in [1.165, 1.54) is 12.1 Å². The summed E-state index contributed by atoms with van der Waals surface area (Å²) in [7, 11) is -4.03. The predicted octanol–water partition coefficient (Wildman–Crippen LogP) is 4.18. The fourth-order valence-electron chi connectivity index (χ4n) is 3.73. The maximum Gasteiger partial charge on any atom is 0.297 e. The maximum atomic E-state index is 12.6. The fourth-order valence-corrected chi connectivity index (χ4v) is 4.65. The number of aliphatic hydroxyl groups is 1. The van der Waals surface area contributed by atoms with Crippen LogP contribution >= 0.6 is 0 Å². The monoisotopic (exact) mass is 446 g/mol. The lowest BCUT2D eigenvalue weighted by atomic mass is 9.99. The van der Waals surface area contributed by atoms with E-state index >= 15 is 0 Å². The molecule has 6 nitrogen and oxygen atoms in total. The molecule has 0 aliphatic rings. The molecule has 0 amide bonds. The Morgan fingerprint density at radius 1 is 1.03 bits per heavy atom. The third-order valence-electron chi connectivity index (χ3n) is 5.35. The molecule has 2 unspecified atom stereocenters. The van der Waals surface area contributed by atoms with Crippen LogP contribution in [0.15, 0.2) is 90.0 Å². The Bertz CT molecular complexity index is 1390. The first kappa shape index (κ1) is 21.8. The van der Waals surface area contributed by atoms with Crippen molar-refractivity contribution in [2.75, 3.05) is 6.61 Å². The molecule has 4 aromatic rings. The summed E-state index contributed by atoms with van der Waals surface area (Å²) in [6.07, 6.45) is 0.645. The molecular weight excluding hydrogens is 424 g/mol. The molecule has 0 saturated heterocycles. The van der Waals surface area contributed by atoms with E-state index in [1.807, 2.05) is 48.0 Å². The zero-order valence-corrected chi connectivity index (χ0v) is 18.2. The molecule has 1 heterocycles. The van der Waals surface area contributed by atoms with Crippen molar-refractivity contribution in [1.82, 2.24) is 4.57 Å². The van der Waals surface area contributed by atoms with Crippen LogP contribution in [0.3, 0.4) is 0 Å². The summed E-state index contributed by atoms with van der Waals surface area (Å²) in [6, 6.07) is 24.3. The Hall–Kier alpha value is -3.44. The van der Waals surface area contributed by atoms with Gasteiger partial charge in [-0.05, 0) is 54.3 Å². The summed E-state index contributed by atoms with van der Waals surface area (Å²) >= 11 is 0. The maximum absolute atomic E-state index is 12.6. The Kier molecular flexibility index (Phi) is 6.10. The van der Waals surface area contributed by atoms with Crippen LogP contribution in [-0.4, -0.2) is 30.8 Å². The number of aliphatic hydroxyl groups excluding tert-OH is 1. The Balaban J connectivity index is 1.68. The molecule has 0 bridgehead atoms. The lowest BCUT2D eigenvalue weighted by Gasteiger charge is -2.26. The van der Waals surface area contributed by atoms with Crippen LogP contribution in [0, 0.1) is 18.3 Å². The summed E-state index contributed by atoms with van der Waals surface area (Å²) in [5, 5.41) is 21.4. The van der Waals surface area contributed by atoms with Gasteiger partial charge in [-0.15, -0.1) is 0 Å². The summed E-state index contributed by atoms with van der Waals surface area (Å²) < 4.78 is 32.3. The van der Waals surface area contributed by atoms with Crippen LogP contribution in [0.4, 0.5) is 0 Å². The second-order valence-corrected chi connectivity index (χ2v) is 9.20. The number of benzene rings is 3. The number of nitriles is 1. The highest BCUT2D eigenvalue weighted by Gasteiger charge is 2.27. The highest BCUT2D eigenvalue weighted by molar-refractivity contribution is 7.86. The Labute approximate surface area is 187 Å². The van der Waals surface area contributed by atoms with E-state index in [-0.39, 0.29) is 4.90 Å². The standard InChI is InChI=1S/C25H22N2O4S/c1-18-9-11-22(12-10-18)32(29,30)31-17-24(28)25(21-7-4-5-19(15-21)16-26)27-14-13-20-6-2-3-8-23(20)27/h2-15,24-25,28H,17H2,1H3. The van der Waals surface area contributed by atoms with Crippen LogP contribution in [0.25, 0.3) is 10.9 Å². The van der Waals surface area contributed by atoms with Crippen molar-refractivity contribution in [1.29, 1.82) is 5.26 Å². The minimum absolute atomic E-state index is 0.0322. The third-order valence-corrected chi connectivity index (χ3v) is 6.65. The van der Waals surface area contributed by atoms with Gasteiger partial charge in [0.25, 0.3) is 10.1 Å².